The van der Waals surface area contributed by atoms with Gasteiger partial charge in [0, 0.05) is 25.2 Å². The third-order valence-corrected chi connectivity index (χ3v) is 5.74. The van der Waals surface area contributed by atoms with E-state index in [-0.39, 0.29) is 16.0 Å². The molecule has 0 unspecified atom stereocenters. The highest BCUT2D eigenvalue weighted by Gasteiger charge is 2.28. The lowest BCUT2D eigenvalue weighted by Gasteiger charge is -2.18. The van der Waals surface area contributed by atoms with Crippen LogP contribution < -0.4 is 20.9 Å². The van der Waals surface area contributed by atoms with Crippen LogP contribution in [-0.4, -0.2) is 37.5 Å². The predicted octanol–water partition coefficient (Wildman–Crippen LogP) is 0.274. The Kier molecular flexibility index (Phi) is 4.48. The van der Waals surface area contributed by atoms with E-state index in [0.717, 1.165) is 0 Å². The van der Waals surface area contributed by atoms with Crippen LogP contribution in [0.25, 0.3) is 0 Å². The monoisotopic (exact) mass is 370 g/mol. The van der Waals surface area contributed by atoms with Crippen molar-refractivity contribution >= 4 is 27.4 Å². The Balaban J connectivity index is 1.76. The van der Waals surface area contributed by atoms with Gasteiger partial charge in [0.2, 0.25) is 10.0 Å². The summed E-state index contributed by atoms with van der Waals surface area (Å²) < 4.78 is 27.5. The number of nitrogens with zero attached hydrogens (tertiary/aromatic N) is 1. The number of aromatic nitrogens is 2. The fraction of sp³-hybridized carbons (Fsp3) is 0.286. The third-order valence-electron chi connectivity index (χ3n) is 3.72. The molecule has 10 heteroatoms. The number of halogens is 1. The first kappa shape index (κ1) is 16.7. The van der Waals surface area contributed by atoms with Crippen molar-refractivity contribution in [2.24, 2.45) is 0 Å². The maximum atomic E-state index is 12.4. The van der Waals surface area contributed by atoms with E-state index in [9.17, 15) is 18.0 Å². The van der Waals surface area contributed by atoms with E-state index in [1.807, 2.05) is 0 Å². The van der Waals surface area contributed by atoms with Crippen LogP contribution in [-0.2, 0) is 10.0 Å². The van der Waals surface area contributed by atoms with Crippen LogP contribution in [0.4, 0.5) is 5.82 Å². The summed E-state index contributed by atoms with van der Waals surface area (Å²) in [6, 6.07) is 7.12. The number of sulfonamides is 1. The standard InChI is InChI=1S/C14H15ClN4O4S/c15-10-3-1-2-4-11(10)24(22,23)18-9-5-6-19(8-9)12-7-13(20)17-14(21)16-12/h1-4,7,9,18H,5-6,8H2,(H2,16,17,20,21)/t9-/m1/s1. The van der Waals surface area contributed by atoms with Crippen LogP contribution in [0.5, 0.6) is 0 Å². The van der Waals surface area contributed by atoms with Gasteiger partial charge in [-0.2, -0.15) is 0 Å². The number of nitrogens with one attached hydrogen (secondary N) is 3. The maximum absolute atomic E-state index is 12.4. The first-order chi connectivity index (χ1) is 11.3. The zero-order valence-electron chi connectivity index (χ0n) is 12.5. The first-order valence-electron chi connectivity index (χ1n) is 7.20. The van der Waals surface area contributed by atoms with E-state index in [1.54, 1.807) is 17.0 Å². The van der Waals surface area contributed by atoms with Crippen LogP contribution in [0, 0.1) is 0 Å². The van der Waals surface area contributed by atoms with Gasteiger partial charge in [-0.15, -0.1) is 0 Å². The van der Waals surface area contributed by atoms with E-state index in [1.165, 1.54) is 18.2 Å². The topological polar surface area (TPSA) is 115 Å². The fourth-order valence-electron chi connectivity index (χ4n) is 2.65. The summed E-state index contributed by atoms with van der Waals surface area (Å²) in [5, 5.41) is 0.152. The van der Waals surface area contributed by atoms with Gasteiger partial charge in [0.15, 0.2) is 0 Å². The Labute approximate surface area is 142 Å². The van der Waals surface area contributed by atoms with Gasteiger partial charge in [0.25, 0.3) is 5.56 Å². The van der Waals surface area contributed by atoms with E-state index in [4.69, 9.17) is 11.6 Å². The van der Waals surface area contributed by atoms with Crippen molar-refractivity contribution in [2.75, 3.05) is 18.0 Å². The van der Waals surface area contributed by atoms with Gasteiger partial charge in [-0.25, -0.2) is 17.9 Å². The highest BCUT2D eigenvalue weighted by Crippen LogP contribution is 2.22. The normalized spacial score (nSPS) is 18.0. The molecule has 3 N–H and O–H groups in total. The Morgan fingerprint density at radius 1 is 1.21 bits per heavy atom. The molecular formula is C14H15ClN4O4S. The van der Waals surface area contributed by atoms with Gasteiger partial charge >= 0.3 is 5.69 Å². The van der Waals surface area contributed by atoms with E-state index < -0.39 is 21.3 Å². The number of rotatable bonds is 4. The molecule has 0 amide bonds. The molecule has 1 aromatic carbocycles. The van der Waals surface area contributed by atoms with E-state index in [2.05, 4.69) is 14.7 Å². The molecule has 1 aromatic heterocycles. The average molecular weight is 371 g/mol. The van der Waals surface area contributed by atoms with Crippen LogP contribution in [0.3, 0.4) is 0 Å². The SMILES string of the molecule is O=c1cc(N2CC[C@@H](NS(=O)(=O)c3ccccc3Cl)C2)[nH]c(=O)[nH]1. The average Bonchev–Trinajstić information content (AvgIpc) is 2.94. The molecule has 1 saturated heterocycles. The fourth-order valence-corrected chi connectivity index (χ4v) is 4.43. The summed E-state index contributed by atoms with van der Waals surface area (Å²) in [6.07, 6.45) is 0.540. The Bertz CT molecular complexity index is 941. The second-order valence-electron chi connectivity index (χ2n) is 5.46. The van der Waals surface area contributed by atoms with Crippen LogP contribution in [0.15, 0.2) is 44.8 Å². The molecule has 1 atom stereocenters. The van der Waals surface area contributed by atoms with Crippen molar-refractivity contribution in [3.63, 3.8) is 0 Å². The van der Waals surface area contributed by atoms with E-state index >= 15 is 0 Å². The molecule has 8 nitrogen and oxygen atoms in total. The zero-order chi connectivity index (χ0) is 17.3. The molecule has 0 aliphatic carbocycles. The molecule has 3 rings (SSSR count). The van der Waals surface area contributed by atoms with Gasteiger partial charge in [-0.05, 0) is 18.6 Å². The number of hydrogen-bond acceptors (Lipinski definition) is 5. The molecule has 1 fully saturated rings. The molecule has 0 spiro atoms. The molecule has 2 heterocycles. The molecule has 2 aromatic rings. The molecule has 0 radical (unpaired) electrons. The second kappa shape index (κ2) is 6.42. The van der Waals surface area contributed by atoms with Crippen LogP contribution >= 0.6 is 11.6 Å². The second-order valence-corrected chi connectivity index (χ2v) is 7.55. The Hall–Kier alpha value is -2.10. The summed E-state index contributed by atoms with van der Waals surface area (Å²) in [5.74, 6) is 0.364. The highest BCUT2D eigenvalue weighted by molar-refractivity contribution is 7.89. The summed E-state index contributed by atoms with van der Waals surface area (Å²) in [4.78, 5) is 29.1. The Morgan fingerprint density at radius 2 is 1.96 bits per heavy atom. The number of aromatic amines is 2. The molecule has 128 valence electrons. The minimum atomic E-state index is -3.74. The smallest absolute Gasteiger partial charge is 0.327 e. The molecule has 0 bridgehead atoms. The van der Waals surface area contributed by atoms with Crippen molar-refractivity contribution in [1.29, 1.82) is 0 Å². The van der Waals surface area contributed by atoms with E-state index in [0.29, 0.717) is 25.3 Å². The van der Waals surface area contributed by atoms with Crippen molar-refractivity contribution in [3.8, 4) is 0 Å². The lowest BCUT2D eigenvalue weighted by molar-refractivity contribution is 0.561. The number of anilines is 1. The molecular weight excluding hydrogens is 356 g/mol. The third kappa shape index (κ3) is 3.53. The highest BCUT2D eigenvalue weighted by atomic mass is 35.5. The molecule has 0 saturated carbocycles. The molecule has 24 heavy (non-hydrogen) atoms. The van der Waals surface area contributed by atoms with Crippen molar-refractivity contribution in [1.82, 2.24) is 14.7 Å². The Morgan fingerprint density at radius 3 is 2.67 bits per heavy atom. The lowest BCUT2D eigenvalue weighted by atomic mass is 10.3. The van der Waals surface area contributed by atoms with Gasteiger partial charge in [0.05, 0.1) is 5.02 Å². The zero-order valence-corrected chi connectivity index (χ0v) is 14.0. The minimum Gasteiger partial charge on any atom is -0.356 e. The number of hydrogen-bond donors (Lipinski definition) is 3. The van der Waals surface area contributed by atoms with Crippen molar-refractivity contribution in [2.45, 2.75) is 17.4 Å². The first-order valence-corrected chi connectivity index (χ1v) is 9.07. The number of H-pyrrole nitrogens is 2. The predicted molar refractivity (Wildman–Crippen MR) is 90.1 cm³/mol. The molecule has 1 aliphatic heterocycles. The minimum absolute atomic E-state index is 0.0229. The largest absolute Gasteiger partial charge is 0.356 e. The summed E-state index contributed by atoms with van der Waals surface area (Å²) in [6.45, 7) is 0.845. The van der Waals surface area contributed by atoms with Gasteiger partial charge in [-0.1, -0.05) is 23.7 Å². The lowest BCUT2D eigenvalue weighted by Crippen LogP contribution is -2.38. The van der Waals surface area contributed by atoms with Crippen molar-refractivity contribution < 1.29 is 8.42 Å². The van der Waals surface area contributed by atoms with Crippen LogP contribution in [0.2, 0.25) is 5.02 Å². The van der Waals surface area contributed by atoms with Crippen molar-refractivity contribution in [3.05, 3.63) is 56.2 Å². The summed E-state index contributed by atoms with van der Waals surface area (Å²) >= 11 is 5.95. The maximum Gasteiger partial charge on any atom is 0.327 e. The number of benzene rings is 1. The van der Waals surface area contributed by atoms with Gasteiger partial charge in [0.1, 0.15) is 10.7 Å². The van der Waals surface area contributed by atoms with Gasteiger partial charge in [-0.3, -0.25) is 14.8 Å². The quantitative estimate of drug-likeness (QED) is 0.714. The van der Waals surface area contributed by atoms with Gasteiger partial charge < -0.3 is 4.90 Å². The summed E-state index contributed by atoms with van der Waals surface area (Å²) in [7, 11) is -3.74. The van der Waals surface area contributed by atoms with Crippen LogP contribution in [0.1, 0.15) is 6.42 Å². The molecule has 1 aliphatic rings. The summed E-state index contributed by atoms with van der Waals surface area (Å²) in [5.41, 5.74) is -1.11.